The first-order chi connectivity index (χ1) is 14.1. The number of pyridine rings is 1. The van der Waals surface area contributed by atoms with Crippen molar-refractivity contribution in [1.29, 1.82) is 0 Å². The van der Waals surface area contributed by atoms with Crippen LogP contribution in [0, 0.1) is 11.6 Å². The van der Waals surface area contributed by atoms with Gasteiger partial charge in [0.15, 0.2) is 17.5 Å². The Kier molecular flexibility index (Phi) is 5.46. The number of halogens is 2. The van der Waals surface area contributed by atoms with Crippen LogP contribution in [0.1, 0.15) is 24.0 Å². The van der Waals surface area contributed by atoms with E-state index >= 15 is 0 Å². The fourth-order valence-corrected chi connectivity index (χ4v) is 3.26. The highest BCUT2D eigenvalue weighted by Crippen LogP contribution is 2.18. The van der Waals surface area contributed by atoms with Gasteiger partial charge < -0.3 is 10.2 Å². The molecule has 1 fully saturated rings. The number of amides is 1. The van der Waals surface area contributed by atoms with Crippen molar-refractivity contribution in [1.82, 2.24) is 20.0 Å². The zero-order chi connectivity index (χ0) is 20.2. The lowest BCUT2D eigenvalue weighted by molar-refractivity contribution is -0.115. The van der Waals surface area contributed by atoms with Crippen LogP contribution in [0.5, 0.6) is 0 Å². The van der Waals surface area contributed by atoms with E-state index in [9.17, 15) is 13.6 Å². The average molecular weight is 398 g/mol. The molecule has 0 radical (unpaired) electrons. The molecule has 0 saturated carbocycles. The third-order valence-corrected chi connectivity index (χ3v) is 4.72. The zero-order valence-corrected chi connectivity index (χ0v) is 15.7. The van der Waals surface area contributed by atoms with Gasteiger partial charge >= 0.3 is 0 Å². The highest BCUT2D eigenvalue weighted by atomic mass is 19.2. The van der Waals surface area contributed by atoms with E-state index in [1.165, 1.54) is 29.9 Å². The number of rotatable bonds is 6. The van der Waals surface area contributed by atoms with E-state index in [4.69, 9.17) is 0 Å². The van der Waals surface area contributed by atoms with Gasteiger partial charge in [-0.3, -0.25) is 4.79 Å². The second kappa shape index (κ2) is 8.34. The van der Waals surface area contributed by atoms with Gasteiger partial charge in [-0.2, -0.15) is 9.90 Å². The SMILES string of the molecule is O=C(Cc1ccc(N2CCCC2)nc1)Nc1cnn(Cc2ccc(F)c(F)c2)n1. The van der Waals surface area contributed by atoms with Gasteiger partial charge in [-0.05, 0) is 42.2 Å². The van der Waals surface area contributed by atoms with Crippen LogP contribution in [0.4, 0.5) is 20.4 Å². The second-order valence-electron chi connectivity index (χ2n) is 6.95. The maximum Gasteiger partial charge on any atom is 0.230 e. The van der Waals surface area contributed by atoms with Crippen molar-refractivity contribution in [2.75, 3.05) is 23.3 Å². The largest absolute Gasteiger partial charge is 0.357 e. The Bertz CT molecular complexity index is 998. The molecule has 0 atom stereocenters. The van der Waals surface area contributed by atoms with Crippen LogP contribution in [0.15, 0.2) is 42.7 Å². The summed E-state index contributed by atoms with van der Waals surface area (Å²) in [5, 5.41) is 10.9. The molecule has 4 rings (SSSR count). The van der Waals surface area contributed by atoms with Crippen LogP contribution in [-0.4, -0.2) is 39.0 Å². The molecule has 9 heteroatoms. The minimum absolute atomic E-state index is 0.162. The fraction of sp³-hybridized carbons (Fsp3) is 0.300. The maximum atomic E-state index is 13.3. The summed E-state index contributed by atoms with van der Waals surface area (Å²) in [6.07, 6.45) is 5.66. The molecule has 1 saturated heterocycles. The van der Waals surface area contributed by atoms with Crippen LogP contribution in [0.25, 0.3) is 0 Å². The molecule has 7 nitrogen and oxygen atoms in total. The molecule has 1 aliphatic rings. The number of nitrogens with one attached hydrogen (secondary N) is 1. The fourth-order valence-electron chi connectivity index (χ4n) is 3.26. The van der Waals surface area contributed by atoms with Gasteiger partial charge in [0, 0.05) is 19.3 Å². The summed E-state index contributed by atoms with van der Waals surface area (Å²) >= 11 is 0. The van der Waals surface area contributed by atoms with Gasteiger partial charge in [-0.25, -0.2) is 13.8 Å². The summed E-state index contributed by atoms with van der Waals surface area (Å²) in [6.45, 7) is 2.20. The molecule has 29 heavy (non-hydrogen) atoms. The van der Waals surface area contributed by atoms with Gasteiger partial charge in [-0.15, -0.1) is 5.10 Å². The third-order valence-electron chi connectivity index (χ3n) is 4.72. The lowest BCUT2D eigenvalue weighted by atomic mass is 10.2. The predicted octanol–water partition coefficient (Wildman–Crippen LogP) is 2.78. The van der Waals surface area contributed by atoms with Gasteiger partial charge in [0.05, 0.1) is 19.2 Å². The Labute approximate surface area is 166 Å². The highest BCUT2D eigenvalue weighted by Gasteiger charge is 2.14. The van der Waals surface area contributed by atoms with Crippen LogP contribution in [-0.2, 0) is 17.8 Å². The molecule has 150 valence electrons. The average Bonchev–Trinajstić information content (AvgIpc) is 3.38. The van der Waals surface area contributed by atoms with Gasteiger partial charge in [0.1, 0.15) is 5.82 Å². The topological polar surface area (TPSA) is 75.9 Å². The van der Waals surface area contributed by atoms with Crippen molar-refractivity contribution in [3.8, 4) is 0 Å². The molecule has 2 aromatic heterocycles. The summed E-state index contributed by atoms with van der Waals surface area (Å²) in [4.78, 5) is 20.2. The summed E-state index contributed by atoms with van der Waals surface area (Å²) < 4.78 is 26.3. The van der Waals surface area contributed by atoms with Gasteiger partial charge in [0.2, 0.25) is 5.91 Å². The summed E-state index contributed by atoms with van der Waals surface area (Å²) in [7, 11) is 0. The quantitative estimate of drug-likeness (QED) is 0.691. The lowest BCUT2D eigenvalue weighted by Crippen LogP contribution is -2.19. The van der Waals surface area contributed by atoms with Crippen molar-refractivity contribution < 1.29 is 13.6 Å². The Morgan fingerprint density at radius 2 is 1.83 bits per heavy atom. The summed E-state index contributed by atoms with van der Waals surface area (Å²) in [5.41, 5.74) is 1.32. The molecule has 0 aliphatic carbocycles. The normalized spacial score (nSPS) is 13.7. The minimum Gasteiger partial charge on any atom is -0.357 e. The molecule has 0 bridgehead atoms. The minimum atomic E-state index is -0.924. The molecule has 0 unspecified atom stereocenters. The Balaban J connectivity index is 1.32. The van der Waals surface area contributed by atoms with Crippen LogP contribution in [0.2, 0.25) is 0 Å². The van der Waals surface area contributed by atoms with Crippen LogP contribution in [0.3, 0.4) is 0 Å². The number of anilines is 2. The van der Waals surface area contributed by atoms with Crippen molar-refractivity contribution >= 4 is 17.5 Å². The number of carbonyl (C=O) groups excluding carboxylic acids is 1. The molecule has 0 spiro atoms. The molecule has 1 N–H and O–H groups in total. The Morgan fingerprint density at radius 3 is 2.55 bits per heavy atom. The van der Waals surface area contributed by atoms with E-state index in [1.54, 1.807) is 6.20 Å². The third kappa shape index (κ3) is 4.74. The maximum absolute atomic E-state index is 13.3. The number of nitrogens with zero attached hydrogens (tertiary/aromatic N) is 5. The summed E-state index contributed by atoms with van der Waals surface area (Å²) in [5.74, 6) is -0.836. The van der Waals surface area contributed by atoms with E-state index in [0.29, 0.717) is 11.4 Å². The Morgan fingerprint density at radius 1 is 1.03 bits per heavy atom. The van der Waals surface area contributed by atoms with Gasteiger partial charge in [-0.1, -0.05) is 12.1 Å². The van der Waals surface area contributed by atoms with E-state index in [2.05, 4.69) is 25.4 Å². The standard InChI is InChI=1S/C20H20F2N6O/c21-16-5-3-15(9-17(16)22)13-28-24-12-18(26-28)25-20(29)10-14-4-6-19(23-11-14)27-7-1-2-8-27/h3-6,9,11-12H,1-2,7-8,10,13H2,(H,25,26,29). The molecular formula is C20H20F2N6O. The first kappa shape index (κ1) is 19.0. The molecule has 1 aromatic carbocycles. The number of aromatic nitrogens is 4. The van der Waals surface area contributed by atoms with Crippen molar-refractivity contribution in [2.24, 2.45) is 0 Å². The monoisotopic (exact) mass is 398 g/mol. The number of carbonyl (C=O) groups is 1. The van der Waals surface area contributed by atoms with Crippen molar-refractivity contribution in [3.63, 3.8) is 0 Å². The molecular weight excluding hydrogens is 378 g/mol. The van der Waals surface area contributed by atoms with E-state index in [0.717, 1.165) is 36.6 Å². The molecule has 1 aliphatic heterocycles. The van der Waals surface area contributed by atoms with Crippen LogP contribution >= 0.6 is 0 Å². The van der Waals surface area contributed by atoms with E-state index in [1.807, 2.05) is 12.1 Å². The Hall–Kier alpha value is -3.36. The zero-order valence-electron chi connectivity index (χ0n) is 15.7. The van der Waals surface area contributed by atoms with Crippen molar-refractivity contribution in [2.45, 2.75) is 25.8 Å². The number of hydrogen-bond donors (Lipinski definition) is 1. The number of hydrogen-bond acceptors (Lipinski definition) is 5. The predicted molar refractivity (Wildman–Crippen MR) is 103 cm³/mol. The van der Waals surface area contributed by atoms with Crippen molar-refractivity contribution in [3.05, 3.63) is 65.5 Å². The molecule has 3 heterocycles. The van der Waals surface area contributed by atoms with Crippen LogP contribution < -0.4 is 10.2 Å². The lowest BCUT2D eigenvalue weighted by Gasteiger charge is -2.16. The number of benzene rings is 1. The van der Waals surface area contributed by atoms with Gasteiger partial charge in [0.25, 0.3) is 0 Å². The van der Waals surface area contributed by atoms with E-state index in [-0.39, 0.29) is 18.9 Å². The highest BCUT2D eigenvalue weighted by molar-refractivity contribution is 5.91. The summed E-state index contributed by atoms with van der Waals surface area (Å²) in [6, 6.07) is 7.45. The first-order valence-corrected chi connectivity index (χ1v) is 9.40. The smallest absolute Gasteiger partial charge is 0.230 e. The molecule has 3 aromatic rings. The second-order valence-corrected chi connectivity index (χ2v) is 6.95. The first-order valence-electron chi connectivity index (χ1n) is 9.40. The molecule has 1 amide bonds. The van der Waals surface area contributed by atoms with E-state index < -0.39 is 11.6 Å².